The standard InChI is InChI=1S/C18H26N2O3/c1-2-23-17-7-4-16(5-8-17)6-9-18(21)19-10-3-11-20-12-14-22-15-13-20/h4-9H,2-3,10-15H2,1H3,(H,19,21). The molecule has 0 saturated carbocycles. The predicted octanol–water partition coefficient (Wildman–Crippen LogP) is 1.94. The second kappa shape index (κ2) is 10.0. The second-order valence-corrected chi connectivity index (χ2v) is 5.43. The van der Waals surface area contributed by atoms with Crippen LogP contribution in [0.2, 0.25) is 0 Å². The van der Waals surface area contributed by atoms with E-state index in [9.17, 15) is 4.79 Å². The van der Waals surface area contributed by atoms with Gasteiger partial charge in [0.2, 0.25) is 5.91 Å². The van der Waals surface area contributed by atoms with Gasteiger partial charge in [0.05, 0.1) is 19.8 Å². The summed E-state index contributed by atoms with van der Waals surface area (Å²) in [5.74, 6) is 0.790. The number of hydrogen-bond donors (Lipinski definition) is 1. The molecule has 1 aliphatic heterocycles. The molecule has 1 fully saturated rings. The van der Waals surface area contributed by atoms with Crippen LogP contribution >= 0.6 is 0 Å². The lowest BCUT2D eigenvalue weighted by Gasteiger charge is -2.26. The van der Waals surface area contributed by atoms with Crippen molar-refractivity contribution in [3.05, 3.63) is 35.9 Å². The zero-order chi connectivity index (χ0) is 16.3. The van der Waals surface area contributed by atoms with Crippen LogP contribution in [0.1, 0.15) is 18.9 Å². The molecule has 0 aliphatic carbocycles. The van der Waals surface area contributed by atoms with Gasteiger partial charge in [0.15, 0.2) is 0 Å². The molecule has 2 rings (SSSR count). The first-order valence-electron chi connectivity index (χ1n) is 8.27. The van der Waals surface area contributed by atoms with E-state index in [-0.39, 0.29) is 5.91 Å². The maximum Gasteiger partial charge on any atom is 0.243 e. The van der Waals surface area contributed by atoms with Gasteiger partial charge in [-0.05, 0) is 43.7 Å². The lowest BCUT2D eigenvalue weighted by Crippen LogP contribution is -2.38. The Kier molecular flexibility index (Phi) is 7.63. The number of rotatable bonds is 8. The monoisotopic (exact) mass is 318 g/mol. The Labute approximate surface area is 138 Å². The molecule has 126 valence electrons. The smallest absolute Gasteiger partial charge is 0.243 e. The van der Waals surface area contributed by atoms with Gasteiger partial charge in [-0.25, -0.2) is 0 Å². The molecule has 0 unspecified atom stereocenters. The molecule has 1 heterocycles. The SMILES string of the molecule is CCOc1ccc(C=CC(=O)NCCCN2CCOCC2)cc1. The third-order valence-corrected chi connectivity index (χ3v) is 3.67. The molecule has 0 aromatic heterocycles. The van der Waals surface area contributed by atoms with E-state index < -0.39 is 0 Å². The van der Waals surface area contributed by atoms with Crippen LogP contribution in [0, 0.1) is 0 Å². The number of nitrogens with zero attached hydrogens (tertiary/aromatic N) is 1. The van der Waals surface area contributed by atoms with Crippen LogP contribution in [0.5, 0.6) is 5.75 Å². The number of benzene rings is 1. The second-order valence-electron chi connectivity index (χ2n) is 5.43. The Hall–Kier alpha value is -1.85. The number of ether oxygens (including phenoxy) is 2. The van der Waals surface area contributed by atoms with Crippen molar-refractivity contribution in [1.82, 2.24) is 10.2 Å². The van der Waals surface area contributed by atoms with E-state index in [4.69, 9.17) is 9.47 Å². The normalized spacial score (nSPS) is 15.7. The minimum Gasteiger partial charge on any atom is -0.494 e. The zero-order valence-electron chi connectivity index (χ0n) is 13.8. The van der Waals surface area contributed by atoms with Crippen LogP contribution in [0.4, 0.5) is 0 Å². The minimum atomic E-state index is -0.0548. The summed E-state index contributed by atoms with van der Waals surface area (Å²) in [6, 6.07) is 7.69. The lowest BCUT2D eigenvalue weighted by molar-refractivity contribution is -0.116. The molecule has 5 nitrogen and oxygen atoms in total. The molecule has 0 radical (unpaired) electrons. The Morgan fingerprint density at radius 2 is 2.04 bits per heavy atom. The highest BCUT2D eigenvalue weighted by molar-refractivity contribution is 5.91. The van der Waals surface area contributed by atoms with Crippen LogP contribution in [0.15, 0.2) is 30.3 Å². The topological polar surface area (TPSA) is 50.8 Å². The van der Waals surface area contributed by atoms with Gasteiger partial charge in [-0.15, -0.1) is 0 Å². The van der Waals surface area contributed by atoms with Gasteiger partial charge in [-0.1, -0.05) is 12.1 Å². The molecule has 0 atom stereocenters. The summed E-state index contributed by atoms with van der Waals surface area (Å²) in [6.07, 6.45) is 4.35. The van der Waals surface area contributed by atoms with E-state index >= 15 is 0 Å². The molecule has 1 saturated heterocycles. The van der Waals surface area contributed by atoms with E-state index in [1.165, 1.54) is 0 Å². The van der Waals surface area contributed by atoms with Crippen LogP contribution in [0.25, 0.3) is 6.08 Å². The summed E-state index contributed by atoms with van der Waals surface area (Å²) >= 11 is 0. The fourth-order valence-corrected chi connectivity index (χ4v) is 2.41. The molecule has 0 bridgehead atoms. The highest BCUT2D eigenvalue weighted by Crippen LogP contribution is 2.12. The Morgan fingerprint density at radius 3 is 2.74 bits per heavy atom. The summed E-state index contributed by atoms with van der Waals surface area (Å²) in [4.78, 5) is 14.1. The molecule has 1 aromatic carbocycles. The third-order valence-electron chi connectivity index (χ3n) is 3.67. The van der Waals surface area contributed by atoms with E-state index in [0.29, 0.717) is 13.2 Å². The van der Waals surface area contributed by atoms with Gasteiger partial charge in [0, 0.05) is 25.7 Å². The third kappa shape index (κ3) is 6.84. The van der Waals surface area contributed by atoms with Crippen molar-refractivity contribution < 1.29 is 14.3 Å². The van der Waals surface area contributed by atoms with Gasteiger partial charge in [0.25, 0.3) is 0 Å². The molecule has 0 spiro atoms. The fourth-order valence-electron chi connectivity index (χ4n) is 2.41. The number of carbonyl (C=O) groups excluding carboxylic acids is 1. The maximum atomic E-state index is 11.8. The Balaban J connectivity index is 1.63. The zero-order valence-corrected chi connectivity index (χ0v) is 13.8. The first-order valence-corrected chi connectivity index (χ1v) is 8.27. The minimum absolute atomic E-state index is 0.0548. The van der Waals surface area contributed by atoms with Crippen molar-refractivity contribution in [3.8, 4) is 5.75 Å². The predicted molar refractivity (Wildman–Crippen MR) is 91.5 cm³/mol. The summed E-state index contributed by atoms with van der Waals surface area (Å²) in [6.45, 7) is 7.93. The average molecular weight is 318 g/mol. The quantitative estimate of drug-likeness (QED) is 0.588. The van der Waals surface area contributed by atoms with Crippen molar-refractivity contribution in [2.45, 2.75) is 13.3 Å². The van der Waals surface area contributed by atoms with Crippen molar-refractivity contribution in [2.24, 2.45) is 0 Å². The average Bonchev–Trinajstić information content (AvgIpc) is 2.59. The van der Waals surface area contributed by atoms with Crippen LogP contribution in [-0.2, 0) is 9.53 Å². The van der Waals surface area contributed by atoms with Gasteiger partial charge in [-0.3, -0.25) is 9.69 Å². The first-order chi connectivity index (χ1) is 11.3. The van der Waals surface area contributed by atoms with Crippen LogP contribution < -0.4 is 10.1 Å². The maximum absolute atomic E-state index is 11.8. The number of nitrogens with one attached hydrogen (secondary N) is 1. The van der Waals surface area contributed by atoms with Crippen molar-refractivity contribution >= 4 is 12.0 Å². The van der Waals surface area contributed by atoms with E-state index in [0.717, 1.165) is 50.6 Å². The number of hydrogen-bond acceptors (Lipinski definition) is 4. The molecule has 1 aromatic rings. The highest BCUT2D eigenvalue weighted by atomic mass is 16.5. The molecular weight excluding hydrogens is 292 g/mol. The summed E-state index contributed by atoms with van der Waals surface area (Å²) in [5.41, 5.74) is 0.983. The van der Waals surface area contributed by atoms with Crippen molar-refractivity contribution in [2.75, 3.05) is 46.0 Å². The Morgan fingerprint density at radius 1 is 1.30 bits per heavy atom. The molecule has 1 aliphatic rings. The van der Waals surface area contributed by atoms with Crippen molar-refractivity contribution in [1.29, 1.82) is 0 Å². The van der Waals surface area contributed by atoms with E-state index in [1.807, 2.05) is 37.3 Å². The molecule has 5 heteroatoms. The molecular formula is C18H26N2O3. The molecule has 1 N–H and O–H groups in total. The summed E-state index contributed by atoms with van der Waals surface area (Å²) in [7, 11) is 0. The van der Waals surface area contributed by atoms with Crippen LogP contribution in [-0.4, -0.2) is 56.8 Å². The van der Waals surface area contributed by atoms with Gasteiger partial charge in [0.1, 0.15) is 5.75 Å². The summed E-state index contributed by atoms with van der Waals surface area (Å²) in [5, 5.41) is 2.92. The van der Waals surface area contributed by atoms with Gasteiger partial charge >= 0.3 is 0 Å². The molecule has 1 amide bonds. The van der Waals surface area contributed by atoms with E-state index in [2.05, 4.69) is 10.2 Å². The number of morpholine rings is 1. The highest BCUT2D eigenvalue weighted by Gasteiger charge is 2.09. The number of amides is 1. The van der Waals surface area contributed by atoms with Gasteiger partial charge < -0.3 is 14.8 Å². The van der Waals surface area contributed by atoms with E-state index in [1.54, 1.807) is 6.08 Å². The lowest BCUT2D eigenvalue weighted by atomic mass is 10.2. The van der Waals surface area contributed by atoms with Crippen molar-refractivity contribution in [3.63, 3.8) is 0 Å². The fraction of sp³-hybridized carbons (Fsp3) is 0.500. The molecule has 23 heavy (non-hydrogen) atoms. The first kappa shape index (κ1) is 17.5. The number of carbonyl (C=O) groups is 1. The Bertz CT molecular complexity index is 493. The van der Waals surface area contributed by atoms with Gasteiger partial charge in [-0.2, -0.15) is 0 Å². The van der Waals surface area contributed by atoms with Crippen LogP contribution in [0.3, 0.4) is 0 Å². The largest absolute Gasteiger partial charge is 0.494 e. The summed E-state index contributed by atoms with van der Waals surface area (Å²) < 4.78 is 10.7.